The number of hydrogen-bond acceptors (Lipinski definition) is 0. The van der Waals surface area contributed by atoms with E-state index in [1.54, 1.807) is 0 Å². The topological polar surface area (TPSA) is 0 Å². The van der Waals surface area contributed by atoms with E-state index in [2.05, 4.69) is 0 Å². The first-order valence-electron chi connectivity index (χ1n) is 0. The van der Waals surface area contributed by atoms with Crippen molar-refractivity contribution in [3.05, 3.63) is 0 Å². The summed E-state index contributed by atoms with van der Waals surface area (Å²) in [6.07, 6.45) is 0. The molecular weight excluding hydrogens is 462 g/mol. The molecule has 0 N–H and O–H groups in total. The fourth-order valence-corrected chi connectivity index (χ4v) is 0. The second kappa shape index (κ2) is 28.8. The van der Waals surface area contributed by atoms with Crippen LogP contribution >= 0.6 is 0 Å². The molecule has 0 saturated heterocycles. The molecule has 5 heavy (non-hydrogen) atoms. The van der Waals surface area contributed by atoms with Gasteiger partial charge in [0.25, 0.3) is 0 Å². The van der Waals surface area contributed by atoms with Crippen LogP contribution in [0.4, 0.5) is 0 Å². The Bertz CT molecular complexity index is 11.6. The van der Waals surface area contributed by atoms with E-state index in [9.17, 15) is 0 Å². The molecule has 0 amide bonds. The summed E-state index contributed by atoms with van der Waals surface area (Å²) in [6, 6.07) is 0. The molecular formula is CoFeIrMoNi. The fourth-order valence-electron chi connectivity index (χ4n) is 0. The quantitative estimate of drug-likeness (QED) is 0.445. The van der Waals surface area contributed by atoms with Crippen LogP contribution in [0.1, 0.15) is 0 Å². The van der Waals surface area contributed by atoms with Gasteiger partial charge in [-0.3, -0.25) is 0 Å². The van der Waals surface area contributed by atoms with Crippen LogP contribution in [0.15, 0.2) is 0 Å². The van der Waals surface area contributed by atoms with Crippen molar-refractivity contribution >= 4 is 0 Å². The van der Waals surface area contributed by atoms with Crippen LogP contribution in [0.3, 0.4) is 0 Å². The van der Waals surface area contributed by atoms with Crippen LogP contribution in [-0.4, -0.2) is 0 Å². The summed E-state index contributed by atoms with van der Waals surface area (Å²) in [6.45, 7) is 0. The first-order chi connectivity index (χ1) is 0. The van der Waals surface area contributed by atoms with Crippen molar-refractivity contribution in [1.82, 2.24) is 0 Å². The Morgan fingerprint density at radius 2 is 1.00 bits per heavy atom. The molecule has 0 unspecified atom stereocenters. The van der Waals surface area contributed by atoms with Crippen molar-refractivity contribution in [2.45, 2.75) is 0 Å². The van der Waals surface area contributed by atoms with Gasteiger partial charge in [0.2, 0.25) is 0 Å². The van der Waals surface area contributed by atoms with Gasteiger partial charge in [0.05, 0.1) is 0 Å². The summed E-state index contributed by atoms with van der Waals surface area (Å²) < 4.78 is 0. The molecule has 0 nitrogen and oxygen atoms in total. The van der Waals surface area contributed by atoms with Crippen molar-refractivity contribution < 1.29 is 91.5 Å². The molecule has 0 aromatic heterocycles. The molecule has 0 aromatic carbocycles. The van der Waals surface area contributed by atoms with Gasteiger partial charge in [-0.1, -0.05) is 0 Å². The summed E-state index contributed by atoms with van der Waals surface area (Å²) in [4.78, 5) is 0. The zero-order chi connectivity index (χ0) is 0. The zero-order valence-corrected chi connectivity index (χ0v) is 9.28. The summed E-state index contributed by atoms with van der Waals surface area (Å²) in [7, 11) is 0. The summed E-state index contributed by atoms with van der Waals surface area (Å²) in [5.74, 6) is 0. The first kappa shape index (κ1) is 45.3. The molecule has 0 aliphatic carbocycles. The van der Waals surface area contributed by atoms with Gasteiger partial charge >= 0.3 is 0 Å². The van der Waals surface area contributed by atoms with Crippen molar-refractivity contribution in [1.29, 1.82) is 0 Å². The maximum Gasteiger partial charge on any atom is 0 e. The standard InChI is InChI=1S/Co.Fe.Ir.Mo.Ni. The number of rotatable bonds is 0. The van der Waals surface area contributed by atoms with Crippen molar-refractivity contribution in [2.75, 3.05) is 0 Å². The second-order valence-corrected chi connectivity index (χ2v) is 0. The molecule has 42 valence electrons. The zero-order valence-electron chi connectivity index (χ0n) is 1.74. The third kappa shape index (κ3) is 19.8. The molecule has 5 heteroatoms. The average molecular weight is 462 g/mol. The Balaban J connectivity index is 0. The Morgan fingerprint density at radius 3 is 1.00 bits per heavy atom. The SMILES string of the molecule is [Co].[Fe].[Ir].[Mo].[Ni]. The molecule has 0 saturated carbocycles. The maximum atomic E-state index is 0. The summed E-state index contributed by atoms with van der Waals surface area (Å²) in [5, 5.41) is 0. The molecule has 0 spiro atoms. The van der Waals surface area contributed by atoms with Crippen LogP contribution < -0.4 is 0 Å². The van der Waals surface area contributed by atoms with E-state index in [0.717, 1.165) is 0 Å². The molecule has 0 atom stereocenters. The molecule has 0 aromatic rings. The predicted molar refractivity (Wildman–Crippen MR) is 0 cm³/mol. The van der Waals surface area contributed by atoms with E-state index >= 15 is 0 Å². The third-order valence-corrected chi connectivity index (χ3v) is 0. The third-order valence-electron chi connectivity index (χ3n) is 0. The average Bonchev–Trinajstić information content (AvgIpc) is 0. The second-order valence-electron chi connectivity index (χ2n) is 0. The largest absolute Gasteiger partial charge is 0 e. The fraction of sp³-hybridized carbons (Fsp3) is 0. The Morgan fingerprint density at radius 1 is 1.00 bits per heavy atom. The molecule has 0 aliphatic heterocycles. The van der Waals surface area contributed by atoms with Gasteiger partial charge in [0.1, 0.15) is 0 Å². The maximum absolute atomic E-state index is 0. The van der Waals surface area contributed by atoms with Gasteiger partial charge < -0.3 is 0 Å². The van der Waals surface area contributed by atoms with Crippen LogP contribution in [0.2, 0.25) is 0 Å². The minimum Gasteiger partial charge on any atom is 0 e. The minimum atomic E-state index is 0. The van der Waals surface area contributed by atoms with E-state index in [0.29, 0.717) is 0 Å². The molecule has 0 bridgehead atoms. The molecule has 0 rings (SSSR count). The summed E-state index contributed by atoms with van der Waals surface area (Å²) >= 11 is 0. The predicted octanol–water partition coefficient (Wildman–Crippen LogP) is -0.0125. The van der Waals surface area contributed by atoms with Crippen LogP contribution in [-0.2, 0) is 91.5 Å². The summed E-state index contributed by atoms with van der Waals surface area (Å²) in [5.41, 5.74) is 0. The van der Waals surface area contributed by atoms with Crippen molar-refractivity contribution in [3.63, 3.8) is 0 Å². The van der Waals surface area contributed by atoms with E-state index < -0.39 is 0 Å². The van der Waals surface area contributed by atoms with E-state index in [-0.39, 0.29) is 91.5 Å². The van der Waals surface area contributed by atoms with E-state index in [1.807, 2.05) is 0 Å². The van der Waals surface area contributed by atoms with Crippen molar-refractivity contribution in [3.8, 4) is 0 Å². The first-order valence-corrected chi connectivity index (χ1v) is 0. The Kier molecular flexibility index (Phi) is 261. The smallest absolute Gasteiger partial charge is 0 e. The minimum absolute atomic E-state index is 0. The van der Waals surface area contributed by atoms with Gasteiger partial charge in [-0.05, 0) is 0 Å². The van der Waals surface area contributed by atoms with Gasteiger partial charge in [-0.25, -0.2) is 0 Å². The monoisotopic (exact) mass is 464 g/mol. The van der Waals surface area contributed by atoms with Gasteiger partial charge in [0.15, 0.2) is 0 Å². The number of hydrogen-bond donors (Lipinski definition) is 0. The van der Waals surface area contributed by atoms with E-state index in [4.69, 9.17) is 0 Å². The Hall–Kier alpha value is 2.86. The Labute approximate surface area is 90.2 Å². The molecule has 2 radical (unpaired) electrons. The van der Waals surface area contributed by atoms with Crippen LogP contribution in [0, 0.1) is 0 Å². The van der Waals surface area contributed by atoms with Gasteiger partial charge in [0, 0.05) is 91.5 Å². The van der Waals surface area contributed by atoms with Crippen LogP contribution in [0.25, 0.3) is 0 Å². The molecule has 0 heterocycles. The van der Waals surface area contributed by atoms with Crippen molar-refractivity contribution in [2.24, 2.45) is 0 Å². The van der Waals surface area contributed by atoms with Crippen LogP contribution in [0.5, 0.6) is 0 Å². The molecule has 0 fully saturated rings. The normalized spacial score (nSPS) is 0. The van der Waals surface area contributed by atoms with Gasteiger partial charge in [-0.2, -0.15) is 0 Å². The van der Waals surface area contributed by atoms with E-state index in [1.165, 1.54) is 0 Å². The van der Waals surface area contributed by atoms with Gasteiger partial charge in [-0.15, -0.1) is 0 Å². The molecule has 0 aliphatic rings.